The third-order valence-electron chi connectivity index (χ3n) is 5.95. The van der Waals surface area contributed by atoms with E-state index >= 15 is 0 Å². The summed E-state index contributed by atoms with van der Waals surface area (Å²) < 4.78 is 13.0. The van der Waals surface area contributed by atoms with E-state index in [9.17, 15) is 9.59 Å². The molecule has 2 aromatic heterocycles. The summed E-state index contributed by atoms with van der Waals surface area (Å²) in [5.74, 6) is 1.32. The molecule has 0 fully saturated rings. The lowest BCUT2D eigenvalue weighted by atomic mass is 10.1. The van der Waals surface area contributed by atoms with Crippen molar-refractivity contribution in [3.05, 3.63) is 72.6 Å². The standard InChI is InChI=1S/C25H21N5O4/c31-23(27-17-7-8-21-22(12-17)34-11-10-33-21)13-20-24(32)29(15-16-4-3-9-26-14-16)25-28-18-5-1-2-6-19(18)30(20)25/h1-9,12,14,20H,10-11,13,15H2,(H,27,31). The number of imidazole rings is 1. The van der Waals surface area contributed by atoms with Crippen LogP contribution in [-0.2, 0) is 16.1 Å². The molecule has 0 radical (unpaired) electrons. The Morgan fingerprint density at radius 3 is 2.76 bits per heavy atom. The van der Waals surface area contributed by atoms with Crippen molar-refractivity contribution >= 4 is 34.5 Å². The Morgan fingerprint density at radius 2 is 1.91 bits per heavy atom. The number of aromatic nitrogens is 3. The molecule has 1 N–H and O–H groups in total. The van der Waals surface area contributed by atoms with E-state index in [1.165, 1.54) is 0 Å². The number of carbonyl (C=O) groups excluding carboxylic acids is 2. The molecule has 170 valence electrons. The molecule has 0 saturated carbocycles. The van der Waals surface area contributed by atoms with Crippen LogP contribution in [0.4, 0.5) is 11.6 Å². The summed E-state index contributed by atoms with van der Waals surface area (Å²) in [6, 6.07) is 15.9. The minimum absolute atomic E-state index is 0.0236. The van der Waals surface area contributed by atoms with Gasteiger partial charge in [-0.3, -0.25) is 24.0 Å². The number of ether oxygens (including phenoxy) is 2. The minimum atomic E-state index is -0.698. The highest BCUT2D eigenvalue weighted by molar-refractivity contribution is 6.05. The molecule has 2 aliphatic rings. The first-order chi connectivity index (χ1) is 16.7. The first-order valence-electron chi connectivity index (χ1n) is 11.0. The quantitative estimate of drug-likeness (QED) is 0.496. The van der Waals surface area contributed by atoms with Crippen molar-refractivity contribution in [2.24, 2.45) is 0 Å². The Hall–Kier alpha value is -4.40. The summed E-state index contributed by atoms with van der Waals surface area (Å²) in [6.45, 7) is 1.29. The molecule has 4 aromatic rings. The predicted molar refractivity (Wildman–Crippen MR) is 125 cm³/mol. The van der Waals surface area contributed by atoms with E-state index in [4.69, 9.17) is 14.5 Å². The Bertz CT molecular complexity index is 1400. The molecule has 9 heteroatoms. The molecule has 2 aliphatic heterocycles. The number of benzene rings is 2. The maximum atomic E-state index is 13.5. The van der Waals surface area contributed by atoms with Crippen LogP contribution in [0.3, 0.4) is 0 Å². The largest absolute Gasteiger partial charge is 0.486 e. The average molecular weight is 455 g/mol. The van der Waals surface area contributed by atoms with Crippen LogP contribution < -0.4 is 19.7 Å². The number of anilines is 2. The Labute approximate surface area is 194 Å². The van der Waals surface area contributed by atoms with E-state index in [2.05, 4.69) is 10.3 Å². The smallest absolute Gasteiger partial charge is 0.253 e. The number of rotatable bonds is 5. The Morgan fingerprint density at radius 1 is 1.06 bits per heavy atom. The lowest BCUT2D eigenvalue weighted by Gasteiger charge is -2.19. The molecule has 0 bridgehead atoms. The lowest BCUT2D eigenvalue weighted by Crippen LogP contribution is -2.31. The summed E-state index contributed by atoms with van der Waals surface area (Å²) in [5.41, 5.74) is 3.06. The number of fused-ring (bicyclic) bond motifs is 4. The van der Waals surface area contributed by atoms with Crippen molar-refractivity contribution in [2.75, 3.05) is 23.4 Å². The molecule has 2 aromatic carbocycles. The molecule has 1 atom stereocenters. The molecule has 1 unspecified atom stereocenters. The van der Waals surface area contributed by atoms with Crippen molar-refractivity contribution in [2.45, 2.75) is 19.0 Å². The van der Waals surface area contributed by atoms with Gasteiger partial charge in [0.1, 0.15) is 19.3 Å². The number of amides is 2. The van der Waals surface area contributed by atoms with Crippen molar-refractivity contribution in [1.29, 1.82) is 0 Å². The number of hydrogen-bond acceptors (Lipinski definition) is 6. The van der Waals surface area contributed by atoms with Gasteiger partial charge in [-0.15, -0.1) is 0 Å². The van der Waals surface area contributed by atoms with Gasteiger partial charge in [0.15, 0.2) is 11.5 Å². The van der Waals surface area contributed by atoms with Gasteiger partial charge in [-0.25, -0.2) is 4.98 Å². The van der Waals surface area contributed by atoms with Crippen LogP contribution in [0.25, 0.3) is 11.0 Å². The maximum absolute atomic E-state index is 13.5. The fourth-order valence-corrected chi connectivity index (χ4v) is 4.43. The Balaban J connectivity index is 1.28. The highest BCUT2D eigenvalue weighted by atomic mass is 16.6. The monoisotopic (exact) mass is 455 g/mol. The first kappa shape index (κ1) is 20.2. The first-order valence-corrected chi connectivity index (χ1v) is 11.0. The van der Waals surface area contributed by atoms with Gasteiger partial charge < -0.3 is 14.8 Å². The molecule has 6 rings (SSSR count). The zero-order valence-corrected chi connectivity index (χ0v) is 18.2. The molecule has 0 saturated heterocycles. The molecule has 2 amide bonds. The van der Waals surface area contributed by atoms with Crippen molar-refractivity contribution < 1.29 is 19.1 Å². The van der Waals surface area contributed by atoms with Gasteiger partial charge in [0.2, 0.25) is 11.9 Å². The summed E-state index contributed by atoms with van der Waals surface area (Å²) in [5, 5.41) is 2.89. The second kappa shape index (κ2) is 8.18. The van der Waals surface area contributed by atoms with Crippen LogP contribution in [-0.4, -0.2) is 39.6 Å². The third-order valence-corrected chi connectivity index (χ3v) is 5.95. The number of pyridine rings is 1. The van der Waals surface area contributed by atoms with Crippen LogP contribution >= 0.6 is 0 Å². The summed E-state index contributed by atoms with van der Waals surface area (Å²) in [6.07, 6.45) is 3.39. The maximum Gasteiger partial charge on any atom is 0.253 e. The van der Waals surface area contributed by atoms with Crippen LogP contribution in [0.1, 0.15) is 18.0 Å². The fourth-order valence-electron chi connectivity index (χ4n) is 4.43. The minimum Gasteiger partial charge on any atom is -0.486 e. The fraction of sp³-hybridized carbons (Fsp3) is 0.200. The molecule has 0 aliphatic carbocycles. The summed E-state index contributed by atoms with van der Waals surface area (Å²) >= 11 is 0. The summed E-state index contributed by atoms with van der Waals surface area (Å²) in [4.78, 5) is 37.0. The highest BCUT2D eigenvalue weighted by Crippen LogP contribution is 2.38. The van der Waals surface area contributed by atoms with E-state index in [-0.39, 0.29) is 18.2 Å². The van der Waals surface area contributed by atoms with Gasteiger partial charge in [-0.1, -0.05) is 18.2 Å². The SMILES string of the molecule is O=C(CC1C(=O)N(Cc2cccnc2)c2nc3ccccc3n21)Nc1ccc2c(c1)OCCO2. The van der Waals surface area contributed by atoms with E-state index in [1.54, 1.807) is 35.5 Å². The van der Waals surface area contributed by atoms with Gasteiger partial charge in [0.25, 0.3) is 5.91 Å². The van der Waals surface area contributed by atoms with Crippen LogP contribution in [0.15, 0.2) is 67.0 Å². The van der Waals surface area contributed by atoms with Gasteiger partial charge in [0.05, 0.1) is 24.0 Å². The number of para-hydroxylation sites is 2. The van der Waals surface area contributed by atoms with Crippen molar-refractivity contribution in [3.63, 3.8) is 0 Å². The van der Waals surface area contributed by atoms with Crippen LogP contribution in [0.2, 0.25) is 0 Å². The molecule has 0 spiro atoms. The lowest BCUT2D eigenvalue weighted by molar-refractivity contribution is -0.124. The Kier molecular flexibility index (Phi) is 4.87. The second-order valence-corrected chi connectivity index (χ2v) is 8.18. The van der Waals surface area contributed by atoms with Crippen LogP contribution in [0.5, 0.6) is 11.5 Å². The summed E-state index contributed by atoms with van der Waals surface area (Å²) in [7, 11) is 0. The van der Waals surface area contributed by atoms with E-state index in [1.807, 2.05) is 41.0 Å². The molecule has 9 nitrogen and oxygen atoms in total. The van der Waals surface area contributed by atoms with Crippen LogP contribution in [0, 0.1) is 0 Å². The van der Waals surface area contributed by atoms with Gasteiger partial charge in [-0.2, -0.15) is 0 Å². The van der Waals surface area contributed by atoms with E-state index in [0.717, 1.165) is 16.6 Å². The van der Waals surface area contributed by atoms with Gasteiger partial charge in [-0.05, 0) is 35.9 Å². The zero-order chi connectivity index (χ0) is 23.1. The average Bonchev–Trinajstić information content (AvgIpc) is 3.35. The zero-order valence-electron chi connectivity index (χ0n) is 18.2. The number of carbonyl (C=O) groups is 2. The topological polar surface area (TPSA) is 98.6 Å². The van der Waals surface area contributed by atoms with Crippen molar-refractivity contribution in [3.8, 4) is 11.5 Å². The molecule has 34 heavy (non-hydrogen) atoms. The number of hydrogen-bond donors (Lipinski definition) is 1. The normalized spacial score (nSPS) is 16.5. The third kappa shape index (κ3) is 3.51. The number of nitrogens with one attached hydrogen (secondary N) is 1. The van der Waals surface area contributed by atoms with Crippen molar-refractivity contribution in [1.82, 2.24) is 14.5 Å². The van der Waals surface area contributed by atoms with E-state index < -0.39 is 6.04 Å². The molecule has 4 heterocycles. The van der Waals surface area contributed by atoms with Gasteiger partial charge >= 0.3 is 0 Å². The number of nitrogens with zero attached hydrogens (tertiary/aromatic N) is 4. The second-order valence-electron chi connectivity index (χ2n) is 8.18. The predicted octanol–water partition coefficient (Wildman–Crippen LogP) is 3.32. The molecular formula is C25H21N5O4. The van der Waals surface area contributed by atoms with Gasteiger partial charge in [0, 0.05) is 24.1 Å². The highest BCUT2D eigenvalue weighted by Gasteiger charge is 2.41. The molecular weight excluding hydrogens is 434 g/mol. The van der Waals surface area contributed by atoms with E-state index in [0.29, 0.717) is 42.9 Å².